The van der Waals surface area contributed by atoms with Crippen LogP contribution in [0.25, 0.3) is 0 Å². The van der Waals surface area contributed by atoms with Crippen LogP contribution >= 0.6 is 0 Å². The van der Waals surface area contributed by atoms with Gasteiger partial charge >= 0.3 is 0 Å². The Morgan fingerprint density at radius 1 is 1.15 bits per heavy atom. The molecule has 6 heteroatoms. The number of benzene rings is 1. The van der Waals surface area contributed by atoms with Crippen molar-refractivity contribution in [3.8, 4) is 0 Å². The fourth-order valence-electron chi connectivity index (χ4n) is 1.48. The molecule has 0 N–H and O–H groups in total. The third-order valence-electron chi connectivity index (χ3n) is 2.65. The molecule has 0 saturated heterocycles. The number of nitro benzene ring substituents is 1. The number of hydrogen-bond acceptors (Lipinski definition) is 5. The van der Waals surface area contributed by atoms with E-state index in [1.807, 2.05) is 0 Å². The number of nitro groups is 1. The van der Waals surface area contributed by atoms with Crippen molar-refractivity contribution in [1.29, 1.82) is 0 Å². The first-order valence-corrected chi connectivity index (χ1v) is 6.58. The lowest BCUT2D eigenvalue weighted by molar-refractivity contribution is -0.384. The van der Waals surface area contributed by atoms with Crippen molar-refractivity contribution in [2.75, 3.05) is 26.4 Å². The van der Waals surface area contributed by atoms with E-state index in [9.17, 15) is 14.9 Å². The Bertz CT molecular complexity index is 430. The summed E-state index contributed by atoms with van der Waals surface area (Å²) in [5.74, 6) is -0.201. The van der Waals surface area contributed by atoms with E-state index >= 15 is 0 Å². The molecule has 0 amide bonds. The molecule has 1 aromatic rings. The van der Waals surface area contributed by atoms with Gasteiger partial charge in [0.25, 0.3) is 5.69 Å². The normalized spacial score (nSPS) is 10.4. The fourth-order valence-corrected chi connectivity index (χ4v) is 1.48. The van der Waals surface area contributed by atoms with Gasteiger partial charge in [0.2, 0.25) is 0 Å². The van der Waals surface area contributed by atoms with Gasteiger partial charge in [0.1, 0.15) is 6.61 Å². The third-order valence-corrected chi connectivity index (χ3v) is 2.65. The summed E-state index contributed by atoms with van der Waals surface area (Å²) < 4.78 is 10.5. The molecule has 0 atom stereocenters. The standard InChI is InChI=1S/C14H19NO5/c1-2-3-8-19-9-10-20-11-14(16)12-4-6-13(7-5-12)15(17)18/h4-7H,2-3,8-11H2,1H3. The lowest BCUT2D eigenvalue weighted by atomic mass is 10.1. The number of carbonyl (C=O) groups is 1. The molecular weight excluding hydrogens is 262 g/mol. The Balaban J connectivity index is 2.24. The van der Waals surface area contributed by atoms with Gasteiger partial charge in [0, 0.05) is 24.3 Å². The Hall–Kier alpha value is -1.79. The molecule has 0 fully saturated rings. The number of rotatable bonds is 10. The van der Waals surface area contributed by atoms with Crippen LogP contribution in [0.4, 0.5) is 5.69 Å². The first kappa shape index (κ1) is 16.3. The number of unbranched alkanes of at least 4 members (excludes halogenated alkanes) is 1. The van der Waals surface area contributed by atoms with Crippen molar-refractivity contribution in [2.45, 2.75) is 19.8 Å². The predicted molar refractivity (Wildman–Crippen MR) is 74.0 cm³/mol. The monoisotopic (exact) mass is 281 g/mol. The summed E-state index contributed by atoms with van der Waals surface area (Å²) in [7, 11) is 0. The molecule has 110 valence electrons. The summed E-state index contributed by atoms with van der Waals surface area (Å²) in [5.41, 5.74) is 0.370. The molecule has 0 radical (unpaired) electrons. The van der Waals surface area contributed by atoms with E-state index < -0.39 is 4.92 Å². The minimum Gasteiger partial charge on any atom is -0.379 e. The van der Waals surface area contributed by atoms with E-state index in [2.05, 4.69) is 6.92 Å². The largest absolute Gasteiger partial charge is 0.379 e. The molecule has 0 aliphatic heterocycles. The number of ether oxygens (including phenoxy) is 2. The molecule has 0 saturated carbocycles. The maximum atomic E-state index is 11.7. The highest BCUT2D eigenvalue weighted by atomic mass is 16.6. The van der Waals surface area contributed by atoms with Crippen LogP contribution in [0.1, 0.15) is 30.1 Å². The fraction of sp³-hybridized carbons (Fsp3) is 0.500. The quantitative estimate of drug-likeness (QED) is 0.285. The first-order chi connectivity index (χ1) is 9.65. The van der Waals surface area contributed by atoms with Gasteiger partial charge in [-0.15, -0.1) is 0 Å². The second kappa shape index (κ2) is 9.17. The van der Waals surface area contributed by atoms with Gasteiger partial charge < -0.3 is 9.47 Å². The number of carbonyl (C=O) groups excluding carboxylic acids is 1. The lowest BCUT2D eigenvalue weighted by Crippen LogP contribution is -2.13. The van der Waals surface area contributed by atoms with Gasteiger partial charge in [-0.2, -0.15) is 0 Å². The highest BCUT2D eigenvalue weighted by Crippen LogP contribution is 2.12. The van der Waals surface area contributed by atoms with Gasteiger partial charge in [-0.1, -0.05) is 13.3 Å². The zero-order valence-electron chi connectivity index (χ0n) is 11.5. The van der Waals surface area contributed by atoms with Gasteiger partial charge in [-0.3, -0.25) is 14.9 Å². The van der Waals surface area contributed by atoms with Crippen LogP contribution < -0.4 is 0 Å². The molecule has 0 aromatic heterocycles. The minimum absolute atomic E-state index is 0.0354. The summed E-state index contributed by atoms with van der Waals surface area (Å²) in [5, 5.41) is 10.5. The van der Waals surface area contributed by atoms with E-state index in [0.717, 1.165) is 12.8 Å². The molecule has 0 heterocycles. The van der Waals surface area contributed by atoms with Crippen molar-refractivity contribution < 1.29 is 19.2 Å². The zero-order valence-corrected chi connectivity index (χ0v) is 11.5. The van der Waals surface area contributed by atoms with Crippen molar-refractivity contribution in [3.63, 3.8) is 0 Å². The maximum Gasteiger partial charge on any atom is 0.269 e. The topological polar surface area (TPSA) is 78.7 Å². The molecule has 0 bridgehead atoms. The molecule has 6 nitrogen and oxygen atoms in total. The zero-order chi connectivity index (χ0) is 14.8. The number of non-ortho nitro benzene ring substituents is 1. The Morgan fingerprint density at radius 3 is 2.40 bits per heavy atom. The second-order valence-electron chi connectivity index (χ2n) is 4.25. The average Bonchev–Trinajstić information content (AvgIpc) is 2.46. The average molecular weight is 281 g/mol. The molecule has 20 heavy (non-hydrogen) atoms. The minimum atomic E-state index is -0.502. The van der Waals surface area contributed by atoms with E-state index in [1.54, 1.807) is 0 Å². The van der Waals surface area contributed by atoms with E-state index in [1.165, 1.54) is 24.3 Å². The smallest absolute Gasteiger partial charge is 0.269 e. The second-order valence-corrected chi connectivity index (χ2v) is 4.25. The molecule has 0 aliphatic carbocycles. The van der Waals surface area contributed by atoms with Gasteiger partial charge in [-0.05, 0) is 18.6 Å². The van der Waals surface area contributed by atoms with Crippen molar-refractivity contribution in [3.05, 3.63) is 39.9 Å². The highest BCUT2D eigenvalue weighted by molar-refractivity contribution is 5.97. The number of Topliss-reactive ketones (excluding diaryl/α,β-unsaturated/α-hetero) is 1. The summed E-state index contributed by atoms with van der Waals surface area (Å²) in [4.78, 5) is 21.7. The molecular formula is C14H19NO5. The molecule has 0 aliphatic rings. The number of hydrogen-bond donors (Lipinski definition) is 0. The van der Waals surface area contributed by atoms with Crippen molar-refractivity contribution >= 4 is 11.5 Å². The number of ketones is 1. The summed E-state index contributed by atoms with van der Waals surface area (Å²) in [6.07, 6.45) is 2.10. The van der Waals surface area contributed by atoms with Crippen LogP contribution in [0, 0.1) is 10.1 Å². The summed E-state index contributed by atoms with van der Waals surface area (Å²) in [6, 6.07) is 5.48. The van der Waals surface area contributed by atoms with E-state index in [4.69, 9.17) is 9.47 Å². The molecule has 1 aromatic carbocycles. The first-order valence-electron chi connectivity index (χ1n) is 6.58. The molecule has 0 spiro atoms. The van der Waals surface area contributed by atoms with Crippen LogP contribution in [0.3, 0.4) is 0 Å². The van der Waals surface area contributed by atoms with Gasteiger partial charge in [0.15, 0.2) is 5.78 Å². The van der Waals surface area contributed by atoms with Crippen LogP contribution in [0.5, 0.6) is 0 Å². The van der Waals surface area contributed by atoms with Crippen LogP contribution in [-0.4, -0.2) is 37.1 Å². The SMILES string of the molecule is CCCCOCCOCC(=O)c1ccc([N+](=O)[O-])cc1. The molecule has 0 unspecified atom stereocenters. The summed E-state index contributed by atoms with van der Waals surface area (Å²) in [6.45, 7) is 3.57. The molecule has 1 rings (SSSR count). The van der Waals surface area contributed by atoms with Gasteiger partial charge in [0.05, 0.1) is 18.1 Å². The van der Waals surface area contributed by atoms with E-state index in [0.29, 0.717) is 25.4 Å². The van der Waals surface area contributed by atoms with E-state index in [-0.39, 0.29) is 18.1 Å². The Kier molecular flexibility index (Phi) is 7.46. The Morgan fingerprint density at radius 2 is 1.80 bits per heavy atom. The third kappa shape index (κ3) is 5.90. The maximum absolute atomic E-state index is 11.7. The Labute approximate surface area is 117 Å². The van der Waals surface area contributed by atoms with Crippen LogP contribution in [0.2, 0.25) is 0 Å². The number of nitrogens with zero attached hydrogens (tertiary/aromatic N) is 1. The van der Waals surface area contributed by atoms with Crippen LogP contribution in [0.15, 0.2) is 24.3 Å². The summed E-state index contributed by atoms with van der Waals surface area (Å²) >= 11 is 0. The highest BCUT2D eigenvalue weighted by Gasteiger charge is 2.09. The van der Waals surface area contributed by atoms with Crippen molar-refractivity contribution in [2.24, 2.45) is 0 Å². The van der Waals surface area contributed by atoms with Gasteiger partial charge in [-0.25, -0.2) is 0 Å². The predicted octanol–water partition coefficient (Wildman–Crippen LogP) is 2.61. The van der Waals surface area contributed by atoms with Crippen LogP contribution in [-0.2, 0) is 9.47 Å². The lowest BCUT2D eigenvalue weighted by Gasteiger charge is -2.05. The van der Waals surface area contributed by atoms with Crippen molar-refractivity contribution in [1.82, 2.24) is 0 Å².